The van der Waals surface area contributed by atoms with Gasteiger partial charge in [-0.3, -0.25) is 9.03 Å². The lowest BCUT2D eigenvalue weighted by atomic mass is 10.1. The van der Waals surface area contributed by atoms with Crippen molar-refractivity contribution in [1.82, 2.24) is 5.32 Å². The Labute approximate surface area is 195 Å². The highest BCUT2D eigenvalue weighted by molar-refractivity contribution is 7.93. The Morgan fingerprint density at radius 1 is 0.909 bits per heavy atom. The monoisotopic (exact) mass is 488 g/mol. The number of fused-ring (bicyclic) bond motifs is 1. The van der Waals surface area contributed by atoms with Gasteiger partial charge in [-0.15, -0.1) is 0 Å². The molecule has 0 saturated carbocycles. The second-order valence-corrected chi connectivity index (χ2v) is 11.8. The molecule has 0 aromatic heterocycles. The van der Waals surface area contributed by atoms with Crippen LogP contribution in [0.3, 0.4) is 0 Å². The van der Waals surface area contributed by atoms with Gasteiger partial charge < -0.3 is 10.2 Å². The molecule has 1 saturated heterocycles. The average Bonchev–Trinajstić information content (AvgIpc) is 3.07. The number of anilines is 3. The van der Waals surface area contributed by atoms with E-state index in [9.17, 15) is 16.8 Å². The Kier molecular flexibility index (Phi) is 6.51. The SMILES string of the molecule is CN(c1cc(N2CCCNCC2)ccc1NS(=O)(=O)c1ccc2ccccc2c1)S(C)(=O)=O. The minimum absolute atomic E-state index is 0.108. The molecule has 0 spiro atoms. The van der Waals surface area contributed by atoms with Gasteiger partial charge in [-0.1, -0.05) is 30.3 Å². The van der Waals surface area contributed by atoms with Crippen LogP contribution in [-0.4, -0.2) is 56.3 Å². The van der Waals surface area contributed by atoms with Crippen molar-refractivity contribution in [2.45, 2.75) is 11.3 Å². The summed E-state index contributed by atoms with van der Waals surface area (Å²) in [7, 11) is -6.14. The molecule has 0 unspecified atom stereocenters. The van der Waals surface area contributed by atoms with Crippen molar-refractivity contribution in [3.05, 3.63) is 60.7 Å². The Morgan fingerprint density at radius 3 is 2.42 bits per heavy atom. The molecular weight excluding hydrogens is 460 g/mol. The molecule has 4 rings (SSSR count). The van der Waals surface area contributed by atoms with Gasteiger partial charge in [-0.2, -0.15) is 0 Å². The van der Waals surface area contributed by atoms with E-state index in [-0.39, 0.29) is 16.3 Å². The predicted octanol–water partition coefficient (Wildman–Crippen LogP) is 2.84. The van der Waals surface area contributed by atoms with Crippen LogP contribution >= 0.6 is 0 Å². The third-order valence-electron chi connectivity index (χ3n) is 5.80. The van der Waals surface area contributed by atoms with Crippen LogP contribution in [0.15, 0.2) is 65.6 Å². The fraction of sp³-hybridized carbons (Fsp3) is 0.304. The number of benzene rings is 3. The van der Waals surface area contributed by atoms with Gasteiger partial charge in [-0.05, 0) is 54.1 Å². The molecule has 0 atom stereocenters. The summed E-state index contributed by atoms with van der Waals surface area (Å²) in [6.07, 6.45) is 2.06. The normalized spacial score (nSPS) is 15.3. The summed E-state index contributed by atoms with van der Waals surface area (Å²) in [6.45, 7) is 3.37. The van der Waals surface area contributed by atoms with E-state index in [0.717, 1.165) is 59.6 Å². The smallest absolute Gasteiger partial charge is 0.261 e. The highest BCUT2D eigenvalue weighted by atomic mass is 32.2. The molecule has 0 bridgehead atoms. The maximum Gasteiger partial charge on any atom is 0.261 e. The first-order valence-corrected chi connectivity index (χ1v) is 14.0. The van der Waals surface area contributed by atoms with E-state index in [2.05, 4.69) is 14.9 Å². The summed E-state index contributed by atoms with van der Waals surface area (Å²) in [4.78, 5) is 2.28. The molecule has 10 heteroatoms. The fourth-order valence-corrected chi connectivity index (χ4v) is 5.50. The molecule has 176 valence electrons. The quantitative estimate of drug-likeness (QED) is 0.554. The van der Waals surface area contributed by atoms with Crippen LogP contribution in [0.25, 0.3) is 10.8 Å². The molecule has 3 aromatic rings. The van der Waals surface area contributed by atoms with E-state index in [1.54, 1.807) is 30.3 Å². The first kappa shape index (κ1) is 23.3. The fourth-order valence-electron chi connectivity index (χ4n) is 3.88. The van der Waals surface area contributed by atoms with Gasteiger partial charge in [0, 0.05) is 32.4 Å². The Balaban J connectivity index is 1.73. The van der Waals surface area contributed by atoms with Crippen molar-refractivity contribution in [3.63, 3.8) is 0 Å². The van der Waals surface area contributed by atoms with E-state index >= 15 is 0 Å². The van der Waals surface area contributed by atoms with Gasteiger partial charge >= 0.3 is 0 Å². The van der Waals surface area contributed by atoms with Gasteiger partial charge in [0.05, 0.1) is 22.5 Å². The largest absolute Gasteiger partial charge is 0.370 e. The number of hydrogen-bond donors (Lipinski definition) is 2. The standard InChI is InChI=1S/C23H28N4O4S2/c1-26(32(2,28)29)23-17-20(27-14-5-12-24-13-15-27)9-11-22(23)25-33(30,31)21-10-8-18-6-3-4-7-19(18)16-21/h3-4,6-11,16-17,24-25H,5,12-15H2,1-2H3. The van der Waals surface area contributed by atoms with Crippen molar-refractivity contribution in [2.75, 3.05) is 53.4 Å². The summed E-state index contributed by atoms with van der Waals surface area (Å²) in [5.41, 5.74) is 1.32. The first-order valence-electron chi connectivity index (χ1n) is 10.7. The van der Waals surface area contributed by atoms with Gasteiger partial charge in [0.1, 0.15) is 0 Å². The molecule has 0 radical (unpaired) electrons. The Morgan fingerprint density at radius 2 is 1.67 bits per heavy atom. The van der Waals surface area contributed by atoms with Gasteiger partial charge in [-0.25, -0.2) is 16.8 Å². The number of rotatable bonds is 6. The Bertz CT molecular complexity index is 1370. The topological polar surface area (TPSA) is 98.8 Å². The zero-order valence-electron chi connectivity index (χ0n) is 18.7. The van der Waals surface area contributed by atoms with Crippen LogP contribution in [0.1, 0.15) is 6.42 Å². The van der Waals surface area contributed by atoms with Crippen LogP contribution in [0.4, 0.5) is 17.1 Å². The summed E-state index contributed by atoms with van der Waals surface area (Å²) in [6, 6.07) is 17.6. The zero-order valence-corrected chi connectivity index (χ0v) is 20.3. The molecule has 2 N–H and O–H groups in total. The second kappa shape index (κ2) is 9.20. The molecule has 1 heterocycles. The van der Waals surface area contributed by atoms with E-state index in [4.69, 9.17) is 0 Å². The van der Waals surface area contributed by atoms with Gasteiger partial charge in [0.15, 0.2) is 0 Å². The minimum Gasteiger partial charge on any atom is -0.370 e. The number of nitrogens with zero attached hydrogens (tertiary/aromatic N) is 2. The molecule has 3 aromatic carbocycles. The van der Waals surface area contributed by atoms with Crippen molar-refractivity contribution in [1.29, 1.82) is 0 Å². The summed E-state index contributed by atoms with van der Waals surface area (Å²) in [5.74, 6) is 0. The number of hydrogen-bond acceptors (Lipinski definition) is 6. The summed E-state index contributed by atoms with van der Waals surface area (Å²) < 4.78 is 54.8. The lowest BCUT2D eigenvalue weighted by Gasteiger charge is -2.26. The highest BCUT2D eigenvalue weighted by Crippen LogP contribution is 2.34. The van der Waals surface area contributed by atoms with Crippen LogP contribution in [-0.2, 0) is 20.0 Å². The van der Waals surface area contributed by atoms with Gasteiger partial charge in [0.25, 0.3) is 10.0 Å². The van der Waals surface area contributed by atoms with Crippen molar-refractivity contribution >= 4 is 47.9 Å². The van der Waals surface area contributed by atoms with E-state index in [1.807, 2.05) is 30.3 Å². The first-order chi connectivity index (χ1) is 15.6. The minimum atomic E-state index is -3.94. The summed E-state index contributed by atoms with van der Waals surface area (Å²) in [5, 5.41) is 5.08. The maximum absolute atomic E-state index is 13.2. The van der Waals surface area contributed by atoms with Crippen molar-refractivity contribution < 1.29 is 16.8 Å². The van der Waals surface area contributed by atoms with E-state index in [1.165, 1.54) is 7.05 Å². The molecule has 33 heavy (non-hydrogen) atoms. The molecule has 0 amide bonds. The Hall–Kier alpha value is -2.82. The predicted molar refractivity (Wildman–Crippen MR) is 134 cm³/mol. The van der Waals surface area contributed by atoms with Crippen LogP contribution in [0, 0.1) is 0 Å². The van der Waals surface area contributed by atoms with Crippen LogP contribution < -0.4 is 19.2 Å². The lowest BCUT2D eigenvalue weighted by molar-refractivity contribution is 0.598. The number of nitrogens with one attached hydrogen (secondary N) is 2. The molecule has 1 fully saturated rings. The molecule has 0 aliphatic carbocycles. The molecule has 8 nitrogen and oxygen atoms in total. The third-order valence-corrected chi connectivity index (χ3v) is 8.35. The van der Waals surface area contributed by atoms with E-state index < -0.39 is 20.0 Å². The van der Waals surface area contributed by atoms with Crippen LogP contribution in [0.5, 0.6) is 0 Å². The lowest BCUT2D eigenvalue weighted by Crippen LogP contribution is -2.29. The molecule has 1 aliphatic rings. The van der Waals surface area contributed by atoms with E-state index in [0.29, 0.717) is 0 Å². The third kappa shape index (κ3) is 5.23. The van der Waals surface area contributed by atoms with Crippen molar-refractivity contribution in [3.8, 4) is 0 Å². The van der Waals surface area contributed by atoms with Crippen LogP contribution in [0.2, 0.25) is 0 Å². The van der Waals surface area contributed by atoms with Gasteiger partial charge in [0.2, 0.25) is 10.0 Å². The summed E-state index contributed by atoms with van der Waals surface area (Å²) >= 11 is 0. The molecular formula is C23H28N4O4S2. The van der Waals surface area contributed by atoms with Crippen molar-refractivity contribution in [2.24, 2.45) is 0 Å². The highest BCUT2D eigenvalue weighted by Gasteiger charge is 2.23. The maximum atomic E-state index is 13.2. The average molecular weight is 489 g/mol. The number of sulfonamides is 2. The zero-order chi connectivity index (χ0) is 23.6. The second-order valence-electron chi connectivity index (χ2n) is 8.14. The molecule has 1 aliphatic heterocycles.